The van der Waals surface area contributed by atoms with E-state index in [1.165, 1.54) is 6.07 Å². The van der Waals surface area contributed by atoms with E-state index in [1.54, 1.807) is 24.3 Å². The highest BCUT2D eigenvalue weighted by Crippen LogP contribution is 2.17. The second-order valence-electron chi connectivity index (χ2n) is 3.79. The number of benzene rings is 2. The van der Waals surface area contributed by atoms with Gasteiger partial charge in [-0.25, -0.2) is 0 Å². The predicted molar refractivity (Wildman–Crippen MR) is 70.7 cm³/mol. The van der Waals surface area contributed by atoms with Crippen LogP contribution in [0.25, 0.3) is 0 Å². The molecule has 0 atom stereocenters. The van der Waals surface area contributed by atoms with Crippen molar-refractivity contribution < 1.29 is 9.90 Å². The molecular weight excluding hydrogens is 250 g/mol. The van der Waals surface area contributed by atoms with E-state index in [2.05, 4.69) is 5.32 Å². The van der Waals surface area contributed by atoms with Gasteiger partial charge in [0.1, 0.15) is 5.75 Å². The van der Waals surface area contributed by atoms with Crippen molar-refractivity contribution >= 4 is 17.5 Å². The van der Waals surface area contributed by atoms with Crippen LogP contribution < -0.4 is 5.32 Å². The zero-order chi connectivity index (χ0) is 13.0. The Balaban J connectivity index is 2.06. The summed E-state index contributed by atoms with van der Waals surface area (Å²) in [5.74, 6) is -0.359. The highest BCUT2D eigenvalue weighted by atomic mass is 35.5. The van der Waals surface area contributed by atoms with E-state index in [-0.39, 0.29) is 17.2 Å². The van der Waals surface area contributed by atoms with Gasteiger partial charge in [0, 0.05) is 11.6 Å². The third-order valence-corrected chi connectivity index (χ3v) is 2.91. The zero-order valence-corrected chi connectivity index (χ0v) is 10.3. The average molecular weight is 262 g/mol. The quantitative estimate of drug-likeness (QED) is 0.892. The largest absolute Gasteiger partial charge is 0.507 e. The molecular formula is C14H12ClNO2. The molecule has 2 aromatic carbocycles. The number of phenolic OH excluding ortho intramolecular Hbond substituents is 1. The lowest BCUT2D eigenvalue weighted by atomic mass is 10.1. The van der Waals surface area contributed by atoms with Crippen molar-refractivity contribution in [3.05, 3.63) is 64.7 Å². The van der Waals surface area contributed by atoms with Crippen molar-refractivity contribution in [3.63, 3.8) is 0 Å². The summed E-state index contributed by atoms with van der Waals surface area (Å²) in [5, 5.41) is 12.9. The minimum absolute atomic E-state index is 0.0332. The summed E-state index contributed by atoms with van der Waals surface area (Å²) in [7, 11) is 0. The monoisotopic (exact) mass is 261 g/mol. The fraction of sp³-hybridized carbons (Fsp3) is 0.0714. The molecule has 0 aliphatic carbocycles. The summed E-state index contributed by atoms with van der Waals surface area (Å²) in [4.78, 5) is 11.8. The van der Waals surface area contributed by atoms with Crippen LogP contribution >= 0.6 is 11.6 Å². The molecule has 0 unspecified atom stereocenters. The van der Waals surface area contributed by atoms with E-state index in [9.17, 15) is 9.90 Å². The third-order valence-electron chi connectivity index (χ3n) is 2.55. The van der Waals surface area contributed by atoms with Crippen molar-refractivity contribution in [1.82, 2.24) is 5.32 Å². The molecule has 2 rings (SSSR count). The number of phenols is 1. The van der Waals surface area contributed by atoms with Gasteiger partial charge in [-0.3, -0.25) is 4.79 Å². The molecule has 18 heavy (non-hydrogen) atoms. The number of aromatic hydroxyl groups is 1. The van der Waals surface area contributed by atoms with Crippen molar-refractivity contribution in [3.8, 4) is 5.75 Å². The molecule has 3 nitrogen and oxygen atoms in total. The molecule has 2 aromatic rings. The first kappa shape index (κ1) is 12.5. The number of halogens is 1. The second-order valence-corrected chi connectivity index (χ2v) is 4.20. The molecule has 92 valence electrons. The van der Waals surface area contributed by atoms with Crippen LogP contribution in [0.1, 0.15) is 15.9 Å². The van der Waals surface area contributed by atoms with E-state index < -0.39 is 0 Å². The van der Waals surface area contributed by atoms with Gasteiger partial charge in [-0.15, -0.1) is 0 Å². The molecule has 0 radical (unpaired) electrons. The van der Waals surface area contributed by atoms with Gasteiger partial charge in [-0.2, -0.15) is 0 Å². The molecule has 0 aliphatic rings. The number of hydrogen-bond acceptors (Lipinski definition) is 2. The average Bonchev–Trinajstić information content (AvgIpc) is 2.38. The predicted octanol–water partition coefficient (Wildman–Crippen LogP) is 2.98. The lowest BCUT2D eigenvalue weighted by Gasteiger charge is -2.07. The van der Waals surface area contributed by atoms with Gasteiger partial charge >= 0.3 is 0 Å². The molecule has 0 aromatic heterocycles. The van der Waals surface area contributed by atoms with Crippen LogP contribution in [-0.4, -0.2) is 11.0 Å². The highest BCUT2D eigenvalue weighted by Gasteiger charge is 2.10. The summed E-state index contributed by atoms with van der Waals surface area (Å²) >= 11 is 5.98. The first-order chi connectivity index (χ1) is 8.68. The van der Waals surface area contributed by atoms with E-state index in [1.807, 2.05) is 18.2 Å². The maximum Gasteiger partial charge on any atom is 0.255 e. The summed E-state index contributed by atoms with van der Waals surface area (Å²) in [6.07, 6.45) is 0. The minimum Gasteiger partial charge on any atom is -0.507 e. The molecule has 0 saturated carbocycles. The maximum atomic E-state index is 11.8. The Morgan fingerprint density at radius 3 is 2.50 bits per heavy atom. The minimum atomic E-state index is -0.326. The molecule has 0 bridgehead atoms. The molecule has 0 heterocycles. The van der Waals surface area contributed by atoms with Crippen LogP contribution in [0.15, 0.2) is 48.5 Å². The molecule has 1 amide bonds. The lowest BCUT2D eigenvalue weighted by Crippen LogP contribution is -2.22. The van der Waals surface area contributed by atoms with E-state index in [0.29, 0.717) is 11.6 Å². The Labute approximate surface area is 110 Å². The van der Waals surface area contributed by atoms with E-state index >= 15 is 0 Å². The van der Waals surface area contributed by atoms with Crippen LogP contribution in [0.5, 0.6) is 5.75 Å². The standard InChI is InChI=1S/C14H12ClNO2/c15-12-7-3-1-5-10(12)9-16-14(18)11-6-2-4-8-13(11)17/h1-8,17H,9H2,(H,16,18). The van der Waals surface area contributed by atoms with Gasteiger partial charge in [0.2, 0.25) is 0 Å². The van der Waals surface area contributed by atoms with Crippen LogP contribution in [0.3, 0.4) is 0 Å². The van der Waals surface area contributed by atoms with Crippen LogP contribution in [0.2, 0.25) is 5.02 Å². The smallest absolute Gasteiger partial charge is 0.255 e. The van der Waals surface area contributed by atoms with Gasteiger partial charge in [-0.05, 0) is 23.8 Å². The summed E-state index contributed by atoms with van der Waals surface area (Å²) in [5.41, 5.74) is 1.09. The number of rotatable bonds is 3. The molecule has 4 heteroatoms. The lowest BCUT2D eigenvalue weighted by molar-refractivity contribution is 0.0948. The first-order valence-corrected chi connectivity index (χ1v) is 5.86. The Morgan fingerprint density at radius 1 is 1.11 bits per heavy atom. The van der Waals surface area contributed by atoms with Crippen molar-refractivity contribution in [2.45, 2.75) is 6.54 Å². The van der Waals surface area contributed by atoms with Crippen molar-refractivity contribution in [1.29, 1.82) is 0 Å². The van der Waals surface area contributed by atoms with Crippen LogP contribution in [-0.2, 0) is 6.54 Å². The number of nitrogens with one attached hydrogen (secondary N) is 1. The summed E-state index contributed by atoms with van der Waals surface area (Å²) in [6.45, 7) is 0.326. The van der Waals surface area contributed by atoms with E-state index in [4.69, 9.17) is 11.6 Å². The number of para-hydroxylation sites is 1. The van der Waals surface area contributed by atoms with Gasteiger partial charge in [-0.1, -0.05) is 41.9 Å². The van der Waals surface area contributed by atoms with Gasteiger partial charge in [0.05, 0.1) is 5.56 Å². The summed E-state index contributed by atoms with van der Waals surface area (Å²) in [6, 6.07) is 13.7. The maximum absolute atomic E-state index is 11.8. The topological polar surface area (TPSA) is 49.3 Å². The second kappa shape index (κ2) is 5.56. The van der Waals surface area contributed by atoms with Crippen molar-refractivity contribution in [2.75, 3.05) is 0 Å². The molecule has 0 aliphatic heterocycles. The SMILES string of the molecule is O=C(NCc1ccccc1Cl)c1ccccc1O. The van der Waals surface area contributed by atoms with Crippen LogP contribution in [0, 0.1) is 0 Å². The Hall–Kier alpha value is -2.00. The number of amides is 1. The van der Waals surface area contributed by atoms with Gasteiger partial charge in [0.15, 0.2) is 0 Å². The Morgan fingerprint density at radius 2 is 1.78 bits per heavy atom. The number of carbonyl (C=O) groups is 1. The van der Waals surface area contributed by atoms with Gasteiger partial charge < -0.3 is 10.4 Å². The molecule has 0 fully saturated rings. The van der Waals surface area contributed by atoms with Crippen LogP contribution in [0.4, 0.5) is 0 Å². The Bertz CT molecular complexity index is 569. The highest BCUT2D eigenvalue weighted by molar-refractivity contribution is 6.31. The van der Waals surface area contributed by atoms with E-state index in [0.717, 1.165) is 5.56 Å². The number of hydrogen-bond donors (Lipinski definition) is 2. The molecule has 2 N–H and O–H groups in total. The fourth-order valence-electron chi connectivity index (χ4n) is 1.58. The third kappa shape index (κ3) is 2.81. The number of carbonyl (C=O) groups excluding carboxylic acids is 1. The first-order valence-electron chi connectivity index (χ1n) is 5.48. The zero-order valence-electron chi connectivity index (χ0n) is 9.56. The fourth-order valence-corrected chi connectivity index (χ4v) is 1.78. The molecule has 0 saturated heterocycles. The van der Waals surface area contributed by atoms with Crippen molar-refractivity contribution in [2.24, 2.45) is 0 Å². The molecule has 0 spiro atoms. The van der Waals surface area contributed by atoms with Gasteiger partial charge in [0.25, 0.3) is 5.91 Å². The summed E-state index contributed by atoms with van der Waals surface area (Å²) < 4.78 is 0. The Kier molecular flexibility index (Phi) is 3.85. The normalized spacial score (nSPS) is 10.1.